The number of rotatable bonds is 7. The second-order valence-corrected chi connectivity index (χ2v) is 11.5. The van der Waals surface area contributed by atoms with Crippen LogP contribution in [-0.4, -0.2) is 31.3 Å². The van der Waals surface area contributed by atoms with Gasteiger partial charge in [0, 0.05) is 25.7 Å². The molecule has 0 saturated carbocycles. The van der Waals surface area contributed by atoms with Gasteiger partial charge in [-0.25, -0.2) is 18.4 Å². The highest BCUT2D eigenvalue weighted by Gasteiger charge is 2.23. The van der Waals surface area contributed by atoms with Crippen molar-refractivity contribution < 1.29 is 13.2 Å². The Kier molecular flexibility index (Phi) is 6.72. The summed E-state index contributed by atoms with van der Waals surface area (Å²) in [6.07, 6.45) is 1.60. The van der Waals surface area contributed by atoms with Crippen LogP contribution in [0.3, 0.4) is 0 Å². The number of halogens is 1. The zero-order valence-corrected chi connectivity index (χ0v) is 21.9. The lowest BCUT2D eigenvalue weighted by Gasteiger charge is -2.26. The summed E-state index contributed by atoms with van der Waals surface area (Å²) in [5.74, 6) is -0.174. The van der Waals surface area contributed by atoms with E-state index in [1.54, 1.807) is 24.4 Å². The lowest BCUT2D eigenvalue weighted by Crippen LogP contribution is -2.39. The van der Waals surface area contributed by atoms with Gasteiger partial charge in [0.2, 0.25) is 5.91 Å². The Morgan fingerprint density at radius 3 is 2.43 bits per heavy atom. The predicted octanol–water partition coefficient (Wildman–Crippen LogP) is 5.23. The molecule has 8 nitrogen and oxygen atoms in total. The van der Waals surface area contributed by atoms with Gasteiger partial charge < -0.3 is 10.6 Å². The predicted molar refractivity (Wildman–Crippen MR) is 142 cm³/mol. The van der Waals surface area contributed by atoms with Crippen molar-refractivity contribution >= 4 is 59.9 Å². The van der Waals surface area contributed by atoms with Crippen molar-refractivity contribution in [3.63, 3.8) is 0 Å². The van der Waals surface area contributed by atoms with Crippen molar-refractivity contribution in [2.75, 3.05) is 17.1 Å². The van der Waals surface area contributed by atoms with Gasteiger partial charge in [-0.3, -0.25) is 9.52 Å². The summed E-state index contributed by atoms with van der Waals surface area (Å²) in [5.41, 5.74) is 2.74. The normalized spacial score (nSPS) is 11.9. The zero-order valence-electron chi connectivity index (χ0n) is 19.5. The number of hydrogen-bond donors (Lipinski definition) is 3. The van der Waals surface area contributed by atoms with Crippen molar-refractivity contribution in [2.24, 2.45) is 0 Å². The van der Waals surface area contributed by atoms with Crippen molar-refractivity contribution in [3.05, 3.63) is 65.4 Å². The SMILES string of the molecule is CNc1nc2ccc(-c3cnc(Cl)c(NS(=O)(=O)c4ccc(C(C)(C)NC(C)=O)cc4)c3)cc2s1. The fraction of sp³-hybridized carbons (Fsp3) is 0.208. The van der Waals surface area contributed by atoms with Crippen LogP contribution in [0.5, 0.6) is 0 Å². The van der Waals surface area contributed by atoms with E-state index < -0.39 is 15.6 Å². The first-order chi connectivity index (χ1) is 16.5. The van der Waals surface area contributed by atoms with Crippen LogP contribution in [0.2, 0.25) is 5.15 Å². The molecular formula is C24H24ClN5O3S2. The first-order valence-corrected chi connectivity index (χ1v) is 13.3. The Labute approximate surface area is 212 Å². The maximum absolute atomic E-state index is 13.1. The van der Waals surface area contributed by atoms with Crippen LogP contribution in [0, 0.1) is 0 Å². The van der Waals surface area contributed by atoms with E-state index in [4.69, 9.17) is 11.6 Å². The van der Waals surface area contributed by atoms with Gasteiger partial charge in [-0.2, -0.15) is 0 Å². The van der Waals surface area contributed by atoms with Gasteiger partial charge in [-0.1, -0.05) is 41.1 Å². The van der Waals surface area contributed by atoms with Crippen LogP contribution in [-0.2, 0) is 20.4 Å². The number of benzene rings is 2. The molecule has 0 fully saturated rings. The summed E-state index contributed by atoms with van der Waals surface area (Å²) >= 11 is 7.76. The highest BCUT2D eigenvalue weighted by molar-refractivity contribution is 7.92. The number of nitrogens with one attached hydrogen (secondary N) is 3. The molecule has 2 heterocycles. The first-order valence-electron chi connectivity index (χ1n) is 10.6. The Morgan fingerprint density at radius 2 is 1.77 bits per heavy atom. The molecule has 0 aliphatic heterocycles. The molecule has 4 aromatic rings. The number of fused-ring (bicyclic) bond motifs is 1. The molecule has 0 radical (unpaired) electrons. The minimum absolute atomic E-state index is 0.0390. The highest BCUT2D eigenvalue weighted by atomic mass is 35.5. The second-order valence-electron chi connectivity index (χ2n) is 8.45. The number of hydrogen-bond acceptors (Lipinski definition) is 7. The molecule has 0 atom stereocenters. The van der Waals surface area contributed by atoms with Crippen molar-refractivity contribution in [1.29, 1.82) is 0 Å². The van der Waals surface area contributed by atoms with Crippen molar-refractivity contribution in [1.82, 2.24) is 15.3 Å². The Balaban J connectivity index is 1.61. The molecule has 2 aromatic heterocycles. The topological polar surface area (TPSA) is 113 Å². The largest absolute Gasteiger partial charge is 0.365 e. The average Bonchev–Trinajstić information content (AvgIpc) is 3.22. The molecule has 1 amide bonds. The number of carbonyl (C=O) groups excluding carboxylic acids is 1. The Hall–Kier alpha value is -3.21. The van der Waals surface area contributed by atoms with Crippen LogP contribution in [0.15, 0.2) is 59.6 Å². The maximum Gasteiger partial charge on any atom is 0.261 e. The van der Waals surface area contributed by atoms with E-state index in [9.17, 15) is 13.2 Å². The van der Waals surface area contributed by atoms with Gasteiger partial charge in [0.15, 0.2) is 10.3 Å². The second kappa shape index (κ2) is 9.44. The summed E-state index contributed by atoms with van der Waals surface area (Å²) in [6.45, 7) is 5.12. The lowest BCUT2D eigenvalue weighted by molar-refractivity contribution is -0.120. The van der Waals surface area contributed by atoms with Crippen LogP contribution in [0.1, 0.15) is 26.3 Å². The van der Waals surface area contributed by atoms with E-state index in [-0.39, 0.29) is 21.6 Å². The smallest absolute Gasteiger partial charge is 0.261 e. The summed E-state index contributed by atoms with van der Waals surface area (Å²) in [6, 6.07) is 13.8. The average molecular weight is 530 g/mol. The van der Waals surface area contributed by atoms with E-state index in [1.165, 1.54) is 30.4 Å². The van der Waals surface area contributed by atoms with Gasteiger partial charge in [0.25, 0.3) is 10.0 Å². The third-order valence-electron chi connectivity index (χ3n) is 5.39. The van der Waals surface area contributed by atoms with Crippen LogP contribution < -0.4 is 15.4 Å². The first kappa shape index (κ1) is 24.9. The van der Waals surface area contributed by atoms with E-state index >= 15 is 0 Å². The minimum Gasteiger partial charge on any atom is -0.365 e. The third-order valence-corrected chi connectivity index (χ3v) is 8.11. The molecular weight excluding hydrogens is 506 g/mol. The van der Waals surface area contributed by atoms with Crippen molar-refractivity contribution in [3.8, 4) is 11.1 Å². The molecule has 2 aromatic carbocycles. The summed E-state index contributed by atoms with van der Waals surface area (Å²) in [4.78, 5) is 20.2. The molecule has 0 unspecified atom stereocenters. The summed E-state index contributed by atoms with van der Waals surface area (Å²) in [5, 5.41) is 6.73. The maximum atomic E-state index is 13.1. The molecule has 4 rings (SSSR count). The summed E-state index contributed by atoms with van der Waals surface area (Å²) in [7, 11) is -2.12. The molecule has 0 aliphatic carbocycles. The van der Waals surface area contributed by atoms with Gasteiger partial charge in [-0.15, -0.1) is 0 Å². The molecule has 0 spiro atoms. The number of amides is 1. The van der Waals surface area contributed by atoms with Gasteiger partial charge in [0.05, 0.1) is 26.3 Å². The number of anilines is 2. The number of aromatic nitrogens is 2. The van der Waals surface area contributed by atoms with Gasteiger partial charge in [0.1, 0.15) is 0 Å². The number of pyridine rings is 1. The fourth-order valence-corrected chi connectivity index (χ4v) is 5.78. The van der Waals surface area contributed by atoms with E-state index in [0.717, 1.165) is 26.5 Å². The fourth-order valence-electron chi connectivity index (χ4n) is 3.66. The highest BCUT2D eigenvalue weighted by Crippen LogP contribution is 2.33. The Morgan fingerprint density at radius 1 is 1.06 bits per heavy atom. The number of thiazole rings is 1. The molecule has 3 N–H and O–H groups in total. The van der Waals surface area contributed by atoms with Crippen LogP contribution in [0.25, 0.3) is 21.3 Å². The molecule has 0 saturated heterocycles. The molecule has 0 aliphatic rings. The van der Waals surface area contributed by atoms with Crippen LogP contribution >= 0.6 is 22.9 Å². The number of carbonyl (C=O) groups is 1. The van der Waals surface area contributed by atoms with E-state index in [1.807, 2.05) is 39.1 Å². The molecule has 0 bridgehead atoms. The lowest BCUT2D eigenvalue weighted by atomic mass is 9.94. The standard InChI is InChI=1S/C24H24ClN5O3S2/c1-14(31)29-24(2,3)17-6-8-18(9-7-17)35(32,33)30-20-11-16(13-27-22(20)25)15-5-10-19-21(12-15)34-23(26-4)28-19/h5-13,30H,1-4H3,(H,26,28)(H,29,31). The van der Waals surface area contributed by atoms with E-state index in [0.29, 0.717) is 5.56 Å². The molecule has 182 valence electrons. The van der Waals surface area contributed by atoms with Gasteiger partial charge in [-0.05, 0) is 55.3 Å². The number of nitrogens with zero attached hydrogens (tertiary/aromatic N) is 2. The zero-order chi connectivity index (χ0) is 25.4. The number of sulfonamides is 1. The molecule has 11 heteroatoms. The quantitative estimate of drug-likeness (QED) is 0.283. The molecule has 35 heavy (non-hydrogen) atoms. The summed E-state index contributed by atoms with van der Waals surface area (Å²) < 4.78 is 29.7. The van der Waals surface area contributed by atoms with E-state index in [2.05, 4.69) is 25.3 Å². The minimum atomic E-state index is -3.93. The Bertz CT molecular complexity index is 1520. The van der Waals surface area contributed by atoms with Crippen molar-refractivity contribution in [2.45, 2.75) is 31.2 Å². The third kappa shape index (κ3) is 5.39. The monoisotopic (exact) mass is 529 g/mol. The van der Waals surface area contributed by atoms with Gasteiger partial charge >= 0.3 is 0 Å². The van der Waals surface area contributed by atoms with Crippen LogP contribution in [0.4, 0.5) is 10.8 Å².